The van der Waals surface area contributed by atoms with E-state index in [0.717, 1.165) is 12.0 Å². The van der Waals surface area contributed by atoms with Gasteiger partial charge in [-0.15, -0.1) is 0 Å². The highest BCUT2D eigenvalue weighted by Crippen LogP contribution is 2.31. The molecule has 2 unspecified atom stereocenters. The van der Waals surface area contributed by atoms with Crippen LogP contribution in [0.3, 0.4) is 0 Å². The predicted octanol–water partition coefficient (Wildman–Crippen LogP) is 0.809. The topological polar surface area (TPSA) is 94.3 Å². The number of hydrogen-bond acceptors (Lipinski definition) is 6. The highest BCUT2D eigenvalue weighted by molar-refractivity contribution is 7.91. The molecule has 0 radical (unpaired) electrons. The van der Waals surface area contributed by atoms with Crippen LogP contribution in [0, 0.1) is 5.92 Å². The maximum atomic E-state index is 11.6. The number of nitrogens with one attached hydrogen (secondary N) is 1. The third kappa shape index (κ3) is 3.68. The molecular weight excluding hydrogens is 278 g/mol. The number of ether oxygens (including phenoxy) is 1. The second kappa shape index (κ2) is 6.51. The number of pyridine rings is 1. The Morgan fingerprint density at radius 3 is 2.95 bits per heavy atom. The third-order valence-electron chi connectivity index (χ3n) is 3.48. The van der Waals surface area contributed by atoms with Gasteiger partial charge in [-0.2, -0.15) is 0 Å². The van der Waals surface area contributed by atoms with E-state index < -0.39 is 9.84 Å². The molecule has 0 amide bonds. The molecule has 1 aromatic rings. The molecule has 20 heavy (non-hydrogen) atoms. The molecule has 112 valence electrons. The summed E-state index contributed by atoms with van der Waals surface area (Å²) in [6, 6.07) is 1.66. The molecule has 0 bridgehead atoms. The SMILES string of the molecule is CCCOc1cncc(C(NN)C2CCS(=O)(=O)C2)c1. The van der Waals surface area contributed by atoms with Crippen molar-refractivity contribution in [3.05, 3.63) is 24.0 Å². The van der Waals surface area contributed by atoms with Crippen LogP contribution < -0.4 is 16.0 Å². The Morgan fingerprint density at radius 1 is 1.55 bits per heavy atom. The summed E-state index contributed by atoms with van der Waals surface area (Å²) in [6.45, 7) is 2.66. The van der Waals surface area contributed by atoms with Crippen LogP contribution in [-0.4, -0.2) is 31.5 Å². The molecule has 0 aromatic carbocycles. The summed E-state index contributed by atoms with van der Waals surface area (Å²) in [6.07, 6.45) is 4.90. The Hall–Kier alpha value is -1.18. The van der Waals surface area contributed by atoms with E-state index in [-0.39, 0.29) is 23.5 Å². The quantitative estimate of drug-likeness (QED) is 0.596. The van der Waals surface area contributed by atoms with Crippen LogP contribution in [-0.2, 0) is 9.84 Å². The van der Waals surface area contributed by atoms with E-state index in [1.807, 2.05) is 13.0 Å². The van der Waals surface area contributed by atoms with Gasteiger partial charge in [0.2, 0.25) is 0 Å². The van der Waals surface area contributed by atoms with Gasteiger partial charge in [0.25, 0.3) is 0 Å². The summed E-state index contributed by atoms with van der Waals surface area (Å²) in [4.78, 5) is 4.14. The molecule has 1 aliphatic rings. The van der Waals surface area contributed by atoms with Crippen LogP contribution in [0.15, 0.2) is 18.5 Å². The summed E-state index contributed by atoms with van der Waals surface area (Å²) >= 11 is 0. The van der Waals surface area contributed by atoms with Crippen molar-refractivity contribution in [2.24, 2.45) is 11.8 Å². The molecule has 3 N–H and O–H groups in total. The number of rotatable bonds is 6. The van der Waals surface area contributed by atoms with Gasteiger partial charge in [-0.25, -0.2) is 8.42 Å². The van der Waals surface area contributed by atoms with Crippen molar-refractivity contribution < 1.29 is 13.2 Å². The molecule has 1 aromatic heterocycles. The number of hydrazine groups is 1. The van der Waals surface area contributed by atoms with Crippen molar-refractivity contribution in [3.63, 3.8) is 0 Å². The molecular formula is C13H21N3O3S. The molecule has 2 rings (SSSR count). The lowest BCUT2D eigenvalue weighted by molar-refractivity contribution is 0.314. The van der Waals surface area contributed by atoms with Crippen LogP contribution >= 0.6 is 0 Å². The average Bonchev–Trinajstić information content (AvgIpc) is 2.78. The van der Waals surface area contributed by atoms with Crippen molar-refractivity contribution >= 4 is 9.84 Å². The monoisotopic (exact) mass is 299 g/mol. The molecule has 1 fully saturated rings. The molecule has 2 atom stereocenters. The zero-order valence-electron chi connectivity index (χ0n) is 11.6. The van der Waals surface area contributed by atoms with E-state index in [9.17, 15) is 8.42 Å². The van der Waals surface area contributed by atoms with Gasteiger partial charge in [0.1, 0.15) is 5.75 Å². The molecule has 1 saturated heterocycles. The zero-order valence-corrected chi connectivity index (χ0v) is 12.4. The number of aromatic nitrogens is 1. The lowest BCUT2D eigenvalue weighted by atomic mass is 9.94. The summed E-state index contributed by atoms with van der Waals surface area (Å²) in [7, 11) is -2.93. The first-order valence-corrected chi connectivity index (χ1v) is 8.62. The summed E-state index contributed by atoms with van der Waals surface area (Å²) in [5, 5.41) is 0. The number of hydrogen-bond donors (Lipinski definition) is 2. The Morgan fingerprint density at radius 2 is 2.35 bits per heavy atom. The van der Waals surface area contributed by atoms with Gasteiger partial charge in [-0.05, 0) is 30.4 Å². The third-order valence-corrected chi connectivity index (χ3v) is 5.28. The Labute approximate surface area is 119 Å². The minimum absolute atomic E-state index is 0.0202. The fourth-order valence-corrected chi connectivity index (χ4v) is 4.34. The maximum absolute atomic E-state index is 11.6. The number of nitrogens with zero attached hydrogens (tertiary/aromatic N) is 1. The predicted molar refractivity (Wildman–Crippen MR) is 76.8 cm³/mol. The lowest BCUT2D eigenvalue weighted by Crippen LogP contribution is -2.34. The first-order chi connectivity index (χ1) is 9.55. The molecule has 7 heteroatoms. The van der Waals surface area contributed by atoms with Crippen LogP contribution in [0.4, 0.5) is 0 Å². The maximum Gasteiger partial charge on any atom is 0.150 e. The first kappa shape index (κ1) is 15.2. The fraction of sp³-hybridized carbons (Fsp3) is 0.615. The van der Waals surface area contributed by atoms with E-state index in [1.54, 1.807) is 12.4 Å². The van der Waals surface area contributed by atoms with Gasteiger partial charge in [0.15, 0.2) is 9.84 Å². The zero-order chi connectivity index (χ0) is 14.6. The Balaban J connectivity index is 2.15. The highest BCUT2D eigenvalue weighted by atomic mass is 32.2. The molecule has 0 spiro atoms. The second-order valence-corrected chi connectivity index (χ2v) is 7.34. The van der Waals surface area contributed by atoms with Gasteiger partial charge < -0.3 is 4.74 Å². The molecule has 2 heterocycles. The fourth-order valence-electron chi connectivity index (χ4n) is 2.50. The van der Waals surface area contributed by atoms with Crippen molar-refractivity contribution in [2.45, 2.75) is 25.8 Å². The highest BCUT2D eigenvalue weighted by Gasteiger charge is 2.34. The first-order valence-electron chi connectivity index (χ1n) is 6.80. The van der Waals surface area contributed by atoms with Gasteiger partial charge in [0, 0.05) is 6.20 Å². The largest absolute Gasteiger partial charge is 0.492 e. The van der Waals surface area contributed by atoms with Gasteiger partial charge >= 0.3 is 0 Å². The van der Waals surface area contributed by atoms with E-state index in [1.165, 1.54) is 0 Å². The van der Waals surface area contributed by atoms with Gasteiger partial charge in [-0.3, -0.25) is 16.3 Å². The molecule has 0 saturated carbocycles. The van der Waals surface area contributed by atoms with Crippen LogP contribution in [0.1, 0.15) is 31.4 Å². The van der Waals surface area contributed by atoms with Crippen molar-refractivity contribution in [3.8, 4) is 5.75 Å². The standard InChI is InChI=1S/C13H21N3O3S/c1-2-4-19-12-6-11(7-15-8-12)13(16-14)10-3-5-20(17,18)9-10/h6-8,10,13,16H,2-5,9,14H2,1H3. The van der Waals surface area contributed by atoms with Crippen molar-refractivity contribution in [2.75, 3.05) is 18.1 Å². The lowest BCUT2D eigenvalue weighted by Gasteiger charge is -2.22. The summed E-state index contributed by atoms with van der Waals surface area (Å²) < 4.78 is 28.7. The normalized spacial score (nSPS) is 22.6. The van der Waals surface area contributed by atoms with E-state index >= 15 is 0 Å². The molecule has 0 aliphatic carbocycles. The van der Waals surface area contributed by atoms with E-state index in [2.05, 4.69) is 10.4 Å². The Bertz CT molecular complexity index is 548. The molecule has 6 nitrogen and oxygen atoms in total. The van der Waals surface area contributed by atoms with Crippen molar-refractivity contribution in [1.29, 1.82) is 0 Å². The van der Waals surface area contributed by atoms with Gasteiger partial charge in [-0.1, -0.05) is 6.92 Å². The summed E-state index contributed by atoms with van der Waals surface area (Å²) in [5.74, 6) is 6.68. The Kier molecular flexibility index (Phi) is 4.95. The average molecular weight is 299 g/mol. The van der Waals surface area contributed by atoms with Crippen molar-refractivity contribution in [1.82, 2.24) is 10.4 Å². The van der Waals surface area contributed by atoms with Crippen LogP contribution in [0.5, 0.6) is 5.75 Å². The minimum atomic E-state index is -2.93. The minimum Gasteiger partial charge on any atom is -0.492 e. The van der Waals surface area contributed by atoms with E-state index in [0.29, 0.717) is 18.8 Å². The smallest absolute Gasteiger partial charge is 0.150 e. The van der Waals surface area contributed by atoms with Crippen LogP contribution in [0.2, 0.25) is 0 Å². The van der Waals surface area contributed by atoms with E-state index in [4.69, 9.17) is 10.6 Å². The van der Waals surface area contributed by atoms with Gasteiger partial charge in [0.05, 0.1) is 30.4 Å². The second-order valence-electron chi connectivity index (χ2n) is 5.11. The van der Waals surface area contributed by atoms with Crippen LogP contribution in [0.25, 0.3) is 0 Å². The molecule has 1 aliphatic heterocycles. The number of sulfone groups is 1. The summed E-state index contributed by atoms with van der Waals surface area (Å²) in [5.41, 5.74) is 3.59. The number of nitrogens with two attached hydrogens (primary N) is 1.